The monoisotopic (exact) mass is 463 g/mol. The van der Waals surface area contributed by atoms with Crippen molar-refractivity contribution in [1.29, 1.82) is 0 Å². The van der Waals surface area contributed by atoms with Crippen molar-refractivity contribution in [3.63, 3.8) is 0 Å². The van der Waals surface area contributed by atoms with Crippen LogP contribution in [0.1, 0.15) is 53.0 Å². The second-order valence-corrected chi connectivity index (χ2v) is 9.61. The Bertz CT molecular complexity index is 1260. The van der Waals surface area contributed by atoms with E-state index in [0.717, 1.165) is 16.9 Å². The number of aromatic nitrogens is 2. The van der Waals surface area contributed by atoms with Crippen LogP contribution in [0.5, 0.6) is 11.8 Å². The van der Waals surface area contributed by atoms with E-state index in [4.69, 9.17) is 4.74 Å². The summed E-state index contributed by atoms with van der Waals surface area (Å²) in [4.78, 5) is 32.6. The highest BCUT2D eigenvalue weighted by molar-refractivity contribution is 7.98. The first-order valence-corrected chi connectivity index (χ1v) is 11.9. The Morgan fingerprint density at radius 1 is 1.09 bits per heavy atom. The lowest BCUT2D eigenvalue weighted by Crippen LogP contribution is -2.49. The number of thioether (sulfide) groups is 1. The zero-order chi connectivity index (χ0) is 23.3. The van der Waals surface area contributed by atoms with Gasteiger partial charge < -0.3 is 14.7 Å². The average Bonchev–Trinajstić information content (AvgIpc) is 2.98. The van der Waals surface area contributed by atoms with E-state index in [1.54, 1.807) is 21.2 Å². The zero-order valence-corrected chi connectivity index (χ0v) is 19.5. The lowest BCUT2D eigenvalue weighted by atomic mass is 9.81. The van der Waals surface area contributed by atoms with Crippen molar-refractivity contribution in [3.05, 3.63) is 81.3 Å². The van der Waals surface area contributed by atoms with Crippen LogP contribution in [-0.2, 0) is 5.75 Å². The van der Waals surface area contributed by atoms with E-state index < -0.39 is 17.2 Å². The molecule has 0 fully saturated rings. The maximum atomic E-state index is 13.4. The van der Waals surface area contributed by atoms with Gasteiger partial charge in [-0.2, -0.15) is 4.98 Å². The fourth-order valence-corrected chi connectivity index (χ4v) is 6.05. The number of ether oxygens (including phenoxy) is 1. The molecule has 3 heterocycles. The van der Waals surface area contributed by atoms with Crippen molar-refractivity contribution in [2.24, 2.45) is 0 Å². The molecule has 2 aromatic carbocycles. The third-order valence-corrected chi connectivity index (χ3v) is 7.61. The van der Waals surface area contributed by atoms with Crippen LogP contribution in [0.15, 0.2) is 58.2 Å². The minimum Gasteiger partial charge on any atom is -0.501 e. The summed E-state index contributed by atoms with van der Waals surface area (Å²) in [6.07, 6.45) is 0. The van der Waals surface area contributed by atoms with Crippen LogP contribution in [0.3, 0.4) is 0 Å². The molecule has 2 aliphatic heterocycles. The molecule has 5 rings (SSSR count). The Hall–Kier alpha value is -3.26. The smallest absolute Gasteiger partial charge is 0.318 e. The number of nitrogens with zero attached hydrogens (tertiary/aromatic N) is 3. The third-order valence-electron chi connectivity index (χ3n) is 6.47. The molecule has 7 nitrogen and oxygen atoms in total. The van der Waals surface area contributed by atoms with E-state index in [9.17, 15) is 14.7 Å². The van der Waals surface area contributed by atoms with Gasteiger partial charge in [0.25, 0.3) is 5.91 Å². The molecule has 2 aliphatic rings. The molecule has 33 heavy (non-hydrogen) atoms. The lowest BCUT2D eigenvalue weighted by Gasteiger charge is -2.42. The molecule has 1 aromatic heterocycles. The van der Waals surface area contributed by atoms with Gasteiger partial charge in [-0.25, -0.2) is 0 Å². The normalized spacial score (nSPS) is 19.5. The number of aromatic hydroxyl groups is 1. The predicted molar refractivity (Wildman–Crippen MR) is 126 cm³/mol. The summed E-state index contributed by atoms with van der Waals surface area (Å²) in [5.41, 5.74) is 2.58. The second kappa shape index (κ2) is 8.26. The van der Waals surface area contributed by atoms with Gasteiger partial charge in [-0.3, -0.25) is 14.2 Å². The number of methoxy groups -OCH3 is 1. The molecule has 0 bridgehead atoms. The van der Waals surface area contributed by atoms with Gasteiger partial charge in [-0.05, 0) is 36.6 Å². The number of benzene rings is 2. The SMILES string of the molecule is COc1nc(=O)c(O)c2n1[C@H]([C@H]1c3ccccc3CSc3ccccc31)CN(C(C)C)C2=O. The Balaban J connectivity index is 1.84. The molecule has 2 atom stereocenters. The van der Waals surface area contributed by atoms with Crippen molar-refractivity contribution >= 4 is 17.7 Å². The molecule has 0 spiro atoms. The molecular formula is C25H25N3O4S. The number of hydrogen-bond donors (Lipinski definition) is 1. The van der Waals surface area contributed by atoms with Crippen molar-refractivity contribution in [3.8, 4) is 11.8 Å². The number of carbonyl (C=O) groups excluding carboxylic acids is 1. The molecule has 0 aliphatic carbocycles. The van der Waals surface area contributed by atoms with E-state index in [0.29, 0.717) is 6.54 Å². The van der Waals surface area contributed by atoms with Crippen LogP contribution in [0, 0.1) is 0 Å². The highest BCUT2D eigenvalue weighted by atomic mass is 32.2. The Morgan fingerprint density at radius 2 is 1.79 bits per heavy atom. The van der Waals surface area contributed by atoms with Crippen LogP contribution in [0.25, 0.3) is 0 Å². The van der Waals surface area contributed by atoms with Crippen molar-refractivity contribution < 1.29 is 14.6 Å². The molecule has 0 unspecified atom stereocenters. The summed E-state index contributed by atoms with van der Waals surface area (Å²) in [6.45, 7) is 4.26. The third kappa shape index (κ3) is 3.40. The minimum absolute atomic E-state index is 0.0291. The first kappa shape index (κ1) is 21.6. The number of fused-ring (bicyclic) bond motifs is 3. The van der Waals surface area contributed by atoms with Crippen molar-refractivity contribution in [1.82, 2.24) is 14.5 Å². The van der Waals surface area contributed by atoms with Gasteiger partial charge in [0, 0.05) is 29.2 Å². The minimum atomic E-state index is -0.868. The van der Waals surface area contributed by atoms with Gasteiger partial charge in [0.2, 0.25) is 5.75 Å². The van der Waals surface area contributed by atoms with Gasteiger partial charge >= 0.3 is 11.6 Å². The van der Waals surface area contributed by atoms with E-state index in [1.807, 2.05) is 38.1 Å². The summed E-state index contributed by atoms with van der Waals surface area (Å²) in [5.74, 6) is -0.346. The standard InChI is InChI=1S/C25H25N3O4S/c1-14(2)27-12-18(28-21(24(27)31)22(29)23(30)26-25(28)32-3)20-16-9-5-4-8-15(16)13-33-19-11-7-6-10-17(19)20/h4-11,14,18,20,29H,12-13H2,1-3H3/t18-,20-/m0/s1. The number of rotatable bonds is 3. The number of carbonyl (C=O) groups is 1. The fraction of sp³-hybridized carbons (Fsp3) is 0.320. The maximum absolute atomic E-state index is 13.4. The summed E-state index contributed by atoms with van der Waals surface area (Å²) < 4.78 is 7.12. The van der Waals surface area contributed by atoms with Gasteiger partial charge in [-0.15, -0.1) is 11.8 Å². The fourth-order valence-electron chi connectivity index (χ4n) is 4.94. The van der Waals surface area contributed by atoms with Crippen LogP contribution in [-0.4, -0.2) is 45.2 Å². The van der Waals surface area contributed by atoms with Gasteiger partial charge in [0.05, 0.1) is 13.2 Å². The molecular weight excluding hydrogens is 438 g/mol. The quantitative estimate of drug-likeness (QED) is 0.636. The molecule has 8 heteroatoms. The molecule has 3 aromatic rings. The van der Waals surface area contributed by atoms with Gasteiger partial charge in [0.15, 0.2) is 5.69 Å². The van der Waals surface area contributed by atoms with Crippen LogP contribution in [0.2, 0.25) is 0 Å². The second-order valence-electron chi connectivity index (χ2n) is 8.59. The Kier molecular flexibility index (Phi) is 5.40. The van der Waals surface area contributed by atoms with Crippen LogP contribution < -0.4 is 10.3 Å². The molecule has 1 amide bonds. The summed E-state index contributed by atoms with van der Waals surface area (Å²) in [7, 11) is 1.42. The van der Waals surface area contributed by atoms with Crippen LogP contribution in [0.4, 0.5) is 0 Å². The molecule has 170 valence electrons. The molecule has 1 N–H and O–H groups in total. The zero-order valence-electron chi connectivity index (χ0n) is 18.7. The first-order valence-electron chi connectivity index (χ1n) is 10.9. The average molecular weight is 464 g/mol. The van der Waals surface area contributed by atoms with Gasteiger partial charge in [-0.1, -0.05) is 42.5 Å². The maximum Gasteiger partial charge on any atom is 0.318 e. The Labute approximate surface area is 196 Å². The Morgan fingerprint density at radius 3 is 2.52 bits per heavy atom. The molecule has 0 saturated carbocycles. The molecule has 0 saturated heterocycles. The van der Waals surface area contributed by atoms with E-state index >= 15 is 0 Å². The number of hydrogen-bond acceptors (Lipinski definition) is 6. The van der Waals surface area contributed by atoms with Crippen molar-refractivity contribution in [2.75, 3.05) is 13.7 Å². The summed E-state index contributed by atoms with van der Waals surface area (Å²) >= 11 is 1.79. The van der Waals surface area contributed by atoms with E-state index in [1.165, 1.54) is 17.6 Å². The van der Waals surface area contributed by atoms with E-state index in [-0.39, 0.29) is 29.7 Å². The van der Waals surface area contributed by atoms with Crippen molar-refractivity contribution in [2.45, 2.75) is 42.5 Å². The highest BCUT2D eigenvalue weighted by Gasteiger charge is 2.43. The highest BCUT2D eigenvalue weighted by Crippen LogP contribution is 2.48. The largest absolute Gasteiger partial charge is 0.501 e. The van der Waals surface area contributed by atoms with Crippen LogP contribution >= 0.6 is 11.8 Å². The predicted octanol–water partition coefficient (Wildman–Crippen LogP) is 3.80. The topological polar surface area (TPSA) is 84.7 Å². The summed E-state index contributed by atoms with van der Waals surface area (Å²) in [5, 5.41) is 10.7. The number of amides is 1. The first-order chi connectivity index (χ1) is 15.9. The summed E-state index contributed by atoms with van der Waals surface area (Å²) in [6, 6.07) is 16.2. The van der Waals surface area contributed by atoms with Gasteiger partial charge in [0.1, 0.15) is 0 Å². The molecule has 0 radical (unpaired) electrons. The lowest BCUT2D eigenvalue weighted by molar-refractivity contribution is 0.0572. The van der Waals surface area contributed by atoms with E-state index in [2.05, 4.69) is 29.2 Å².